The zero-order valence-electron chi connectivity index (χ0n) is 9.89. The maximum Gasteiger partial charge on any atom is 0.0443 e. The molecule has 0 spiro atoms. The van der Waals surface area contributed by atoms with E-state index in [1.54, 1.807) is 0 Å². The van der Waals surface area contributed by atoms with Gasteiger partial charge in [-0.2, -0.15) is 0 Å². The molecule has 1 aromatic rings. The van der Waals surface area contributed by atoms with Gasteiger partial charge >= 0.3 is 0 Å². The van der Waals surface area contributed by atoms with E-state index in [1.165, 1.54) is 5.69 Å². The van der Waals surface area contributed by atoms with Crippen molar-refractivity contribution in [1.29, 1.82) is 0 Å². The zero-order chi connectivity index (χ0) is 11.4. The molecule has 0 atom stereocenters. The molecular weight excluding hydrogens is 200 g/mol. The molecule has 4 nitrogen and oxygen atoms in total. The monoisotopic (exact) mass is 220 g/mol. The average Bonchev–Trinajstić information content (AvgIpc) is 2.39. The molecule has 4 heteroatoms. The van der Waals surface area contributed by atoms with Crippen molar-refractivity contribution in [2.75, 3.05) is 37.6 Å². The molecule has 2 N–H and O–H groups in total. The number of rotatable bonds is 3. The fraction of sp³-hybridized carbons (Fsp3) is 0.583. The van der Waals surface area contributed by atoms with Crippen molar-refractivity contribution in [3.63, 3.8) is 0 Å². The van der Waals surface area contributed by atoms with Crippen LogP contribution in [0.2, 0.25) is 0 Å². The fourth-order valence-corrected chi connectivity index (χ4v) is 2.19. The van der Waals surface area contributed by atoms with Crippen LogP contribution in [0.3, 0.4) is 0 Å². The normalized spacial score (nSPS) is 17.8. The predicted molar refractivity (Wildman–Crippen MR) is 66.5 cm³/mol. The van der Waals surface area contributed by atoms with Crippen molar-refractivity contribution in [1.82, 2.24) is 9.88 Å². The molecule has 0 aliphatic carbocycles. The molecule has 1 saturated heterocycles. The van der Waals surface area contributed by atoms with E-state index in [4.69, 9.17) is 5.73 Å². The van der Waals surface area contributed by atoms with Gasteiger partial charge in [0.25, 0.3) is 0 Å². The molecule has 0 bridgehead atoms. The van der Waals surface area contributed by atoms with Crippen molar-refractivity contribution in [2.24, 2.45) is 5.73 Å². The second kappa shape index (κ2) is 5.27. The van der Waals surface area contributed by atoms with Gasteiger partial charge in [-0.25, -0.2) is 0 Å². The van der Waals surface area contributed by atoms with Gasteiger partial charge in [-0.1, -0.05) is 6.92 Å². The minimum absolute atomic E-state index is 0.567. The number of hydrogen-bond donors (Lipinski definition) is 1. The molecule has 2 rings (SSSR count). The summed E-state index contributed by atoms with van der Waals surface area (Å²) in [6.07, 6.45) is 3.72. The van der Waals surface area contributed by atoms with Gasteiger partial charge in [-0.15, -0.1) is 0 Å². The van der Waals surface area contributed by atoms with Crippen molar-refractivity contribution in [2.45, 2.75) is 13.5 Å². The lowest BCUT2D eigenvalue weighted by Crippen LogP contribution is -2.46. The van der Waals surface area contributed by atoms with Crippen LogP contribution in [-0.4, -0.2) is 42.6 Å². The number of nitrogens with zero attached hydrogens (tertiary/aromatic N) is 3. The first-order chi connectivity index (χ1) is 7.85. The molecule has 0 saturated carbocycles. The van der Waals surface area contributed by atoms with E-state index in [2.05, 4.69) is 27.8 Å². The lowest BCUT2D eigenvalue weighted by molar-refractivity contribution is 0.271. The molecule has 16 heavy (non-hydrogen) atoms. The van der Waals surface area contributed by atoms with Gasteiger partial charge in [0, 0.05) is 56.4 Å². The highest BCUT2D eigenvalue weighted by Gasteiger charge is 2.17. The summed E-state index contributed by atoms with van der Waals surface area (Å²) >= 11 is 0. The summed E-state index contributed by atoms with van der Waals surface area (Å²) in [5.74, 6) is 0. The van der Waals surface area contributed by atoms with Crippen LogP contribution in [0.1, 0.15) is 12.5 Å². The summed E-state index contributed by atoms with van der Waals surface area (Å²) in [5.41, 5.74) is 8.14. The lowest BCUT2D eigenvalue weighted by atomic mass is 10.2. The van der Waals surface area contributed by atoms with Gasteiger partial charge < -0.3 is 15.5 Å². The van der Waals surface area contributed by atoms with E-state index < -0.39 is 0 Å². The Morgan fingerprint density at radius 3 is 2.69 bits per heavy atom. The SMILES string of the molecule is CCN1CCN(c2ccncc2CN)CC1. The Morgan fingerprint density at radius 2 is 2.06 bits per heavy atom. The van der Waals surface area contributed by atoms with Crippen LogP contribution in [0.4, 0.5) is 5.69 Å². The third-order valence-corrected chi connectivity index (χ3v) is 3.26. The Kier molecular flexibility index (Phi) is 3.74. The standard InChI is InChI=1S/C12H20N4/c1-2-15-5-7-16(8-6-15)12-3-4-14-10-11(12)9-13/h3-4,10H,2,5-9,13H2,1H3. The molecular formula is C12H20N4. The molecule has 88 valence electrons. The van der Waals surface area contributed by atoms with Crippen LogP contribution in [0.15, 0.2) is 18.5 Å². The molecule has 0 aromatic carbocycles. The van der Waals surface area contributed by atoms with Crippen molar-refractivity contribution in [3.8, 4) is 0 Å². The highest BCUT2D eigenvalue weighted by atomic mass is 15.3. The number of pyridine rings is 1. The smallest absolute Gasteiger partial charge is 0.0443 e. The highest BCUT2D eigenvalue weighted by Crippen LogP contribution is 2.20. The van der Waals surface area contributed by atoms with Gasteiger partial charge in [0.05, 0.1) is 0 Å². The van der Waals surface area contributed by atoms with E-state index in [-0.39, 0.29) is 0 Å². The molecule has 2 heterocycles. The topological polar surface area (TPSA) is 45.4 Å². The van der Waals surface area contributed by atoms with Crippen molar-refractivity contribution in [3.05, 3.63) is 24.0 Å². The molecule has 1 aliphatic rings. The molecule has 1 aliphatic heterocycles. The van der Waals surface area contributed by atoms with Gasteiger partial charge in [0.2, 0.25) is 0 Å². The van der Waals surface area contributed by atoms with Crippen LogP contribution in [0.5, 0.6) is 0 Å². The van der Waals surface area contributed by atoms with Crippen LogP contribution < -0.4 is 10.6 Å². The minimum atomic E-state index is 0.567. The number of piperazine rings is 1. The minimum Gasteiger partial charge on any atom is -0.369 e. The maximum atomic E-state index is 5.73. The number of anilines is 1. The first-order valence-electron chi connectivity index (χ1n) is 5.95. The summed E-state index contributed by atoms with van der Waals surface area (Å²) < 4.78 is 0. The average molecular weight is 220 g/mol. The van der Waals surface area contributed by atoms with E-state index in [1.807, 2.05) is 12.4 Å². The summed E-state index contributed by atoms with van der Waals surface area (Å²) in [5, 5.41) is 0. The molecule has 1 fully saturated rings. The van der Waals surface area contributed by atoms with Crippen LogP contribution in [-0.2, 0) is 6.54 Å². The zero-order valence-corrected chi connectivity index (χ0v) is 9.89. The Balaban J connectivity index is 2.07. The third-order valence-electron chi connectivity index (χ3n) is 3.26. The van der Waals surface area contributed by atoms with Gasteiger partial charge in [-0.05, 0) is 12.6 Å². The van der Waals surface area contributed by atoms with E-state index in [9.17, 15) is 0 Å². The maximum absolute atomic E-state index is 5.73. The fourth-order valence-electron chi connectivity index (χ4n) is 2.19. The number of likely N-dealkylation sites (N-methyl/N-ethyl adjacent to an activating group) is 1. The summed E-state index contributed by atoms with van der Waals surface area (Å²) in [6.45, 7) is 8.39. The lowest BCUT2D eigenvalue weighted by Gasteiger charge is -2.36. The van der Waals surface area contributed by atoms with Crippen LogP contribution in [0, 0.1) is 0 Å². The van der Waals surface area contributed by atoms with Crippen molar-refractivity contribution >= 4 is 5.69 Å². The van der Waals surface area contributed by atoms with E-state index in [0.717, 1.165) is 38.3 Å². The Labute approximate surface area is 97.1 Å². The summed E-state index contributed by atoms with van der Waals surface area (Å²) in [4.78, 5) is 9.01. The largest absolute Gasteiger partial charge is 0.369 e. The van der Waals surface area contributed by atoms with Gasteiger partial charge in [-0.3, -0.25) is 4.98 Å². The van der Waals surface area contributed by atoms with Crippen molar-refractivity contribution < 1.29 is 0 Å². The second-order valence-corrected chi connectivity index (χ2v) is 4.13. The number of hydrogen-bond acceptors (Lipinski definition) is 4. The highest BCUT2D eigenvalue weighted by molar-refractivity contribution is 5.52. The van der Waals surface area contributed by atoms with Gasteiger partial charge in [0.15, 0.2) is 0 Å². The van der Waals surface area contributed by atoms with Crippen LogP contribution >= 0.6 is 0 Å². The summed E-state index contributed by atoms with van der Waals surface area (Å²) in [7, 11) is 0. The third kappa shape index (κ3) is 2.33. The second-order valence-electron chi connectivity index (χ2n) is 4.13. The first kappa shape index (κ1) is 11.4. The predicted octanol–water partition coefficient (Wildman–Crippen LogP) is 0.682. The number of aromatic nitrogens is 1. The number of nitrogens with two attached hydrogens (primary N) is 1. The van der Waals surface area contributed by atoms with Crippen LogP contribution in [0.25, 0.3) is 0 Å². The summed E-state index contributed by atoms with van der Waals surface area (Å²) in [6, 6.07) is 2.07. The molecule has 1 aromatic heterocycles. The Morgan fingerprint density at radius 1 is 1.31 bits per heavy atom. The Bertz CT molecular complexity index is 332. The molecule has 0 radical (unpaired) electrons. The van der Waals surface area contributed by atoms with Gasteiger partial charge in [0.1, 0.15) is 0 Å². The first-order valence-corrected chi connectivity index (χ1v) is 5.95. The Hall–Kier alpha value is -1.13. The quantitative estimate of drug-likeness (QED) is 0.814. The molecule has 0 unspecified atom stereocenters. The molecule has 0 amide bonds. The van der Waals surface area contributed by atoms with E-state index in [0.29, 0.717) is 6.54 Å². The van der Waals surface area contributed by atoms with E-state index >= 15 is 0 Å².